The zero-order chi connectivity index (χ0) is 6.85. The molecule has 70 valence electrons. The summed E-state index contributed by atoms with van der Waals surface area (Å²) in [7, 11) is 0. The highest BCUT2D eigenvalue weighted by molar-refractivity contribution is 5.85. The fraction of sp³-hybridized carbons (Fsp3) is 1.00. The Hall–Kier alpha value is 0.500. The molecule has 1 fully saturated rings. The van der Waals surface area contributed by atoms with E-state index in [-0.39, 0.29) is 24.8 Å². The molecule has 0 aromatic carbocycles. The van der Waals surface area contributed by atoms with E-state index < -0.39 is 0 Å². The van der Waals surface area contributed by atoms with Crippen LogP contribution in [0.15, 0.2) is 0 Å². The van der Waals surface area contributed by atoms with E-state index in [1.165, 1.54) is 12.8 Å². The third kappa shape index (κ3) is 4.16. The Morgan fingerprint density at radius 3 is 2.09 bits per heavy atom. The Morgan fingerprint density at radius 2 is 1.73 bits per heavy atom. The Labute approximate surface area is 81.1 Å². The molecule has 0 aromatic heterocycles. The van der Waals surface area contributed by atoms with Crippen LogP contribution >= 0.6 is 24.8 Å². The summed E-state index contributed by atoms with van der Waals surface area (Å²) in [5.74, 6) is 0. The molecule has 1 aliphatic rings. The van der Waals surface area contributed by atoms with E-state index >= 15 is 0 Å². The Balaban J connectivity index is 0. The largest absolute Gasteiger partial charge is 0.326 e. The van der Waals surface area contributed by atoms with E-state index in [0.717, 1.165) is 0 Å². The first-order valence-electron chi connectivity index (χ1n) is 3.72. The van der Waals surface area contributed by atoms with Gasteiger partial charge in [-0.15, -0.1) is 24.8 Å². The maximum atomic E-state index is 5.78. The van der Waals surface area contributed by atoms with Gasteiger partial charge in [0.25, 0.3) is 0 Å². The van der Waals surface area contributed by atoms with Crippen LogP contribution in [0.5, 0.6) is 0 Å². The molecule has 11 heavy (non-hydrogen) atoms. The number of hydrogen-bond acceptors (Lipinski definition) is 2. The zero-order valence-electron chi connectivity index (χ0n) is 7.04. The number of piperidine rings is 1. The molecule has 1 rings (SSSR count). The van der Waals surface area contributed by atoms with Crippen molar-refractivity contribution in [2.75, 3.05) is 0 Å². The zero-order valence-corrected chi connectivity index (χ0v) is 8.67. The minimum Gasteiger partial charge on any atom is -0.326 e. The van der Waals surface area contributed by atoms with Crippen LogP contribution in [0.2, 0.25) is 0 Å². The second-order valence-corrected chi connectivity index (χ2v) is 3.10. The predicted molar refractivity (Wildman–Crippen MR) is 53.8 cm³/mol. The van der Waals surface area contributed by atoms with Crippen LogP contribution in [0.3, 0.4) is 0 Å². The molecule has 4 heteroatoms. The van der Waals surface area contributed by atoms with Gasteiger partial charge < -0.3 is 11.1 Å². The number of nitrogens with two attached hydrogens (primary N) is 1. The van der Waals surface area contributed by atoms with Gasteiger partial charge in [0.15, 0.2) is 0 Å². The van der Waals surface area contributed by atoms with Crippen molar-refractivity contribution in [3.63, 3.8) is 0 Å². The molecule has 1 heterocycles. The van der Waals surface area contributed by atoms with Crippen molar-refractivity contribution < 1.29 is 0 Å². The van der Waals surface area contributed by atoms with Crippen LogP contribution in [-0.4, -0.2) is 18.1 Å². The lowest BCUT2D eigenvalue weighted by Crippen LogP contribution is -2.51. The highest BCUT2D eigenvalue weighted by Crippen LogP contribution is 2.10. The maximum absolute atomic E-state index is 5.78. The van der Waals surface area contributed by atoms with Gasteiger partial charge in [0.05, 0.1) is 0 Å². The molecule has 3 atom stereocenters. The van der Waals surface area contributed by atoms with Gasteiger partial charge in [-0.05, 0) is 26.7 Å². The topological polar surface area (TPSA) is 38.0 Å². The van der Waals surface area contributed by atoms with Crippen LogP contribution in [0.4, 0.5) is 0 Å². The second kappa shape index (κ2) is 6.06. The van der Waals surface area contributed by atoms with Crippen LogP contribution < -0.4 is 11.1 Å². The molecule has 0 bridgehead atoms. The van der Waals surface area contributed by atoms with Crippen molar-refractivity contribution >= 4 is 24.8 Å². The summed E-state index contributed by atoms with van der Waals surface area (Å²) in [5.41, 5.74) is 5.78. The Morgan fingerprint density at radius 1 is 1.18 bits per heavy atom. The van der Waals surface area contributed by atoms with Gasteiger partial charge in [-0.25, -0.2) is 0 Å². The van der Waals surface area contributed by atoms with Crippen molar-refractivity contribution in [3.8, 4) is 0 Å². The smallest absolute Gasteiger partial charge is 0.0193 e. The van der Waals surface area contributed by atoms with E-state index in [0.29, 0.717) is 18.1 Å². The average Bonchev–Trinajstić information content (AvgIpc) is 1.80. The van der Waals surface area contributed by atoms with Gasteiger partial charge >= 0.3 is 0 Å². The maximum Gasteiger partial charge on any atom is 0.0193 e. The van der Waals surface area contributed by atoms with Gasteiger partial charge in [-0.2, -0.15) is 0 Å². The quantitative estimate of drug-likeness (QED) is 0.620. The lowest BCUT2D eigenvalue weighted by atomic mass is 9.96. The van der Waals surface area contributed by atoms with Gasteiger partial charge in [-0.1, -0.05) is 0 Å². The first kappa shape index (κ1) is 14.0. The molecule has 0 spiro atoms. The van der Waals surface area contributed by atoms with Crippen molar-refractivity contribution in [1.82, 2.24) is 5.32 Å². The lowest BCUT2D eigenvalue weighted by Gasteiger charge is -2.31. The molecule has 1 saturated heterocycles. The van der Waals surface area contributed by atoms with Crippen molar-refractivity contribution in [1.29, 1.82) is 0 Å². The number of rotatable bonds is 0. The van der Waals surface area contributed by atoms with E-state index in [9.17, 15) is 0 Å². The molecule has 0 radical (unpaired) electrons. The fourth-order valence-corrected chi connectivity index (χ4v) is 1.35. The predicted octanol–water partition coefficient (Wildman–Crippen LogP) is 1.32. The summed E-state index contributed by atoms with van der Waals surface area (Å²) in [6.45, 7) is 4.36. The van der Waals surface area contributed by atoms with Crippen molar-refractivity contribution in [3.05, 3.63) is 0 Å². The molecular weight excluding hydrogens is 183 g/mol. The fourth-order valence-electron chi connectivity index (χ4n) is 1.35. The molecule has 3 N–H and O–H groups in total. The highest BCUT2D eigenvalue weighted by atomic mass is 35.5. The molecule has 0 amide bonds. The first-order valence-corrected chi connectivity index (χ1v) is 3.72. The van der Waals surface area contributed by atoms with E-state index in [2.05, 4.69) is 19.2 Å². The van der Waals surface area contributed by atoms with Crippen LogP contribution in [-0.2, 0) is 0 Å². The second-order valence-electron chi connectivity index (χ2n) is 3.10. The molecule has 0 aliphatic carbocycles. The van der Waals surface area contributed by atoms with Gasteiger partial charge in [-0.3, -0.25) is 0 Å². The van der Waals surface area contributed by atoms with Crippen molar-refractivity contribution in [2.24, 2.45) is 5.73 Å². The van der Waals surface area contributed by atoms with Gasteiger partial charge in [0.1, 0.15) is 0 Å². The van der Waals surface area contributed by atoms with Crippen molar-refractivity contribution in [2.45, 2.75) is 44.8 Å². The molecular formula is C7H18Cl2N2. The highest BCUT2D eigenvalue weighted by Gasteiger charge is 2.20. The molecule has 0 aromatic rings. The third-order valence-electron chi connectivity index (χ3n) is 2.12. The van der Waals surface area contributed by atoms with E-state index in [1.54, 1.807) is 0 Å². The average molecular weight is 201 g/mol. The summed E-state index contributed by atoms with van der Waals surface area (Å²) in [5, 5.41) is 3.40. The summed E-state index contributed by atoms with van der Waals surface area (Å²) >= 11 is 0. The first-order chi connectivity index (χ1) is 4.20. The normalized spacial score (nSPS) is 36.8. The molecule has 2 nitrogen and oxygen atoms in total. The summed E-state index contributed by atoms with van der Waals surface area (Å²) < 4.78 is 0. The minimum atomic E-state index is 0. The number of hydrogen-bond donors (Lipinski definition) is 2. The summed E-state index contributed by atoms with van der Waals surface area (Å²) in [6, 6.07) is 1.55. The van der Waals surface area contributed by atoms with Crippen LogP contribution in [0, 0.1) is 0 Å². The van der Waals surface area contributed by atoms with Gasteiger partial charge in [0.2, 0.25) is 0 Å². The third-order valence-corrected chi connectivity index (χ3v) is 2.12. The minimum absolute atomic E-state index is 0. The Kier molecular flexibility index (Phi) is 7.75. The molecule has 3 unspecified atom stereocenters. The monoisotopic (exact) mass is 200 g/mol. The van der Waals surface area contributed by atoms with Gasteiger partial charge in [0, 0.05) is 18.1 Å². The summed E-state index contributed by atoms with van der Waals surface area (Å²) in [4.78, 5) is 0. The molecule has 1 aliphatic heterocycles. The SMILES string of the molecule is CC1CCC(N)C(C)N1.Cl.Cl. The summed E-state index contributed by atoms with van der Waals surface area (Å²) in [6.07, 6.45) is 2.40. The number of nitrogens with one attached hydrogen (secondary N) is 1. The lowest BCUT2D eigenvalue weighted by molar-refractivity contribution is 0.312. The van der Waals surface area contributed by atoms with Crippen LogP contribution in [0.1, 0.15) is 26.7 Å². The molecule has 0 saturated carbocycles. The Bertz CT molecular complexity index is 100. The van der Waals surface area contributed by atoms with Crippen LogP contribution in [0.25, 0.3) is 0 Å². The standard InChI is InChI=1S/C7H16N2.2ClH/c1-5-3-4-7(8)6(2)9-5;;/h5-7,9H,3-4,8H2,1-2H3;2*1H. The van der Waals surface area contributed by atoms with E-state index in [4.69, 9.17) is 5.73 Å². The van der Waals surface area contributed by atoms with E-state index in [1.807, 2.05) is 0 Å². The number of halogens is 2.